The molecule has 2 amide bonds. The van der Waals surface area contributed by atoms with Gasteiger partial charge < -0.3 is 14.6 Å². The molecule has 0 saturated heterocycles. The number of furan rings is 1. The summed E-state index contributed by atoms with van der Waals surface area (Å²) in [5, 5.41) is 5.75. The molecule has 2 aromatic carbocycles. The Morgan fingerprint density at radius 1 is 1.06 bits per heavy atom. The highest BCUT2D eigenvalue weighted by Crippen LogP contribution is 2.26. The van der Waals surface area contributed by atoms with E-state index in [1.54, 1.807) is 53.9 Å². The van der Waals surface area contributed by atoms with E-state index in [1.165, 1.54) is 11.3 Å². The minimum atomic E-state index is -0.201. The highest BCUT2D eigenvalue weighted by molar-refractivity contribution is 7.13. The van der Waals surface area contributed by atoms with Crippen molar-refractivity contribution in [3.8, 4) is 10.6 Å². The van der Waals surface area contributed by atoms with Gasteiger partial charge >= 0.3 is 0 Å². The van der Waals surface area contributed by atoms with Crippen LogP contribution in [0.4, 0.5) is 0 Å². The number of nitrogens with one attached hydrogen (secondary N) is 1. The van der Waals surface area contributed by atoms with Crippen molar-refractivity contribution in [3.63, 3.8) is 0 Å². The maximum absolute atomic E-state index is 13.3. The SMILES string of the molecule is CNC(=O)c1ccc(CN(Cc2ccco2)C(=O)c2csc(-c3ccc(Cl)cc3)n2)cc1. The van der Waals surface area contributed by atoms with Crippen molar-refractivity contribution in [2.24, 2.45) is 0 Å². The van der Waals surface area contributed by atoms with Crippen molar-refractivity contribution < 1.29 is 14.0 Å². The Labute approximate surface area is 194 Å². The number of rotatable bonds is 7. The van der Waals surface area contributed by atoms with E-state index in [4.69, 9.17) is 16.0 Å². The second kappa shape index (κ2) is 9.80. The average Bonchev–Trinajstić information content (AvgIpc) is 3.51. The standard InChI is InChI=1S/C24H20ClN3O3S/c1-26-22(29)17-6-4-16(5-7-17)13-28(14-20-3-2-12-31-20)24(30)21-15-32-23(27-21)18-8-10-19(25)11-9-18/h2-12,15H,13-14H2,1H3,(H,26,29). The van der Waals surface area contributed by atoms with Crippen molar-refractivity contribution >= 4 is 34.8 Å². The lowest BCUT2D eigenvalue weighted by Crippen LogP contribution is -2.30. The first-order chi connectivity index (χ1) is 15.5. The smallest absolute Gasteiger partial charge is 0.274 e. The number of carbonyl (C=O) groups excluding carboxylic acids is 2. The molecule has 0 fully saturated rings. The summed E-state index contributed by atoms with van der Waals surface area (Å²) in [6.07, 6.45) is 1.58. The van der Waals surface area contributed by atoms with E-state index < -0.39 is 0 Å². The molecule has 32 heavy (non-hydrogen) atoms. The van der Waals surface area contributed by atoms with Crippen LogP contribution in [0.3, 0.4) is 0 Å². The molecule has 0 aliphatic carbocycles. The van der Waals surface area contributed by atoms with Gasteiger partial charge in [-0.2, -0.15) is 0 Å². The third-order valence-electron chi connectivity index (χ3n) is 4.85. The van der Waals surface area contributed by atoms with Crippen LogP contribution >= 0.6 is 22.9 Å². The highest BCUT2D eigenvalue weighted by Gasteiger charge is 2.21. The largest absolute Gasteiger partial charge is 0.467 e. The Balaban J connectivity index is 1.56. The lowest BCUT2D eigenvalue weighted by atomic mass is 10.1. The first-order valence-electron chi connectivity index (χ1n) is 9.87. The Morgan fingerprint density at radius 2 is 1.81 bits per heavy atom. The minimum absolute atomic E-state index is 0.155. The van der Waals surface area contributed by atoms with E-state index in [1.807, 2.05) is 30.3 Å². The third kappa shape index (κ3) is 5.07. The van der Waals surface area contributed by atoms with Gasteiger partial charge in [0.25, 0.3) is 11.8 Å². The van der Waals surface area contributed by atoms with Gasteiger partial charge in [0.05, 0.1) is 12.8 Å². The van der Waals surface area contributed by atoms with E-state index in [-0.39, 0.29) is 11.8 Å². The van der Waals surface area contributed by atoms with Crippen molar-refractivity contribution in [3.05, 3.63) is 99.9 Å². The average molecular weight is 466 g/mol. The summed E-state index contributed by atoms with van der Waals surface area (Å²) in [6, 6.07) is 18.1. The first-order valence-corrected chi connectivity index (χ1v) is 11.1. The van der Waals surface area contributed by atoms with Gasteiger partial charge in [-0.1, -0.05) is 35.9 Å². The molecule has 0 atom stereocenters. The summed E-state index contributed by atoms with van der Waals surface area (Å²) in [4.78, 5) is 31.4. The summed E-state index contributed by atoms with van der Waals surface area (Å²) in [7, 11) is 1.59. The van der Waals surface area contributed by atoms with Gasteiger partial charge in [-0.05, 0) is 42.0 Å². The number of hydrogen-bond donors (Lipinski definition) is 1. The monoisotopic (exact) mass is 465 g/mol. The van der Waals surface area contributed by atoms with Crippen LogP contribution in [0.25, 0.3) is 10.6 Å². The van der Waals surface area contributed by atoms with E-state index in [0.717, 1.165) is 16.1 Å². The minimum Gasteiger partial charge on any atom is -0.467 e. The zero-order valence-corrected chi connectivity index (χ0v) is 18.8. The number of nitrogens with zero attached hydrogens (tertiary/aromatic N) is 2. The summed E-state index contributed by atoms with van der Waals surface area (Å²) in [5.41, 5.74) is 2.73. The summed E-state index contributed by atoms with van der Waals surface area (Å²) in [6.45, 7) is 0.651. The molecule has 2 aromatic heterocycles. The van der Waals surface area contributed by atoms with Crippen LogP contribution in [-0.4, -0.2) is 28.7 Å². The van der Waals surface area contributed by atoms with Crippen molar-refractivity contribution in [2.75, 3.05) is 7.05 Å². The van der Waals surface area contributed by atoms with Gasteiger partial charge in [0.2, 0.25) is 0 Å². The Kier molecular flexibility index (Phi) is 6.68. The molecule has 4 rings (SSSR count). The van der Waals surface area contributed by atoms with Gasteiger partial charge in [-0.3, -0.25) is 9.59 Å². The molecule has 2 heterocycles. The quantitative estimate of drug-likeness (QED) is 0.404. The zero-order chi connectivity index (χ0) is 22.5. The molecule has 6 nitrogen and oxygen atoms in total. The maximum Gasteiger partial charge on any atom is 0.274 e. The fourth-order valence-corrected chi connectivity index (χ4v) is 4.10. The predicted molar refractivity (Wildman–Crippen MR) is 125 cm³/mol. The predicted octanol–water partition coefficient (Wildman–Crippen LogP) is 5.26. The van der Waals surface area contributed by atoms with Gasteiger partial charge in [0, 0.05) is 35.1 Å². The fourth-order valence-electron chi connectivity index (χ4n) is 3.18. The highest BCUT2D eigenvalue weighted by atomic mass is 35.5. The molecular weight excluding hydrogens is 446 g/mol. The molecule has 0 aliphatic heterocycles. The van der Waals surface area contributed by atoms with Crippen LogP contribution in [0, 0.1) is 0 Å². The lowest BCUT2D eigenvalue weighted by molar-refractivity contribution is 0.0712. The van der Waals surface area contributed by atoms with Crippen molar-refractivity contribution in [1.82, 2.24) is 15.2 Å². The zero-order valence-electron chi connectivity index (χ0n) is 17.2. The Hall–Kier alpha value is -3.42. The first kappa shape index (κ1) is 21.8. The number of aromatic nitrogens is 1. The van der Waals surface area contributed by atoms with Gasteiger partial charge in [0.15, 0.2) is 0 Å². The summed E-state index contributed by atoms with van der Waals surface area (Å²) >= 11 is 7.37. The summed E-state index contributed by atoms with van der Waals surface area (Å²) in [5.74, 6) is 0.319. The molecule has 0 bridgehead atoms. The number of hydrogen-bond acceptors (Lipinski definition) is 5. The second-order valence-corrected chi connectivity index (χ2v) is 8.36. The van der Waals surface area contributed by atoms with Crippen LogP contribution in [0.1, 0.15) is 32.2 Å². The second-order valence-electron chi connectivity index (χ2n) is 7.06. The molecule has 0 saturated carbocycles. The maximum atomic E-state index is 13.3. The van der Waals surface area contributed by atoms with Crippen LogP contribution < -0.4 is 5.32 Å². The van der Waals surface area contributed by atoms with E-state index in [9.17, 15) is 9.59 Å². The fraction of sp³-hybridized carbons (Fsp3) is 0.125. The molecule has 8 heteroatoms. The number of thiazole rings is 1. The molecule has 0 unspecified atom stereocenters. The van der Waals surface area contributed by atoms with Gasteiger partial charge in [-0.15, -0.1) is 11.3 Å². The normalized spacial score (nSPS) is 10.7. The molecule has 0 radical (unpaired) electrons. The Bertz CT molecular complexity index is 1200. The topological polar surface area (TPSA) is 75.4 Å². The molecule has 4 aromatic rings. The van der Waals surface area contributed by atoms with Crippen LogP contribution in [-0.2, 0) is 13.1 Å². The molecule has 162 valence electrons. The van der Waals surface area contributed by atoms with Gasteiger partial charge in [-0.25, -0.2) is 4.98 Å². The molecular formula is C24H20ClN3O3S. The third-order valence-corrected chi connectivity index (χ3v) is 5.99. The number of benzene rings is 2. The molecule has 0 aliphatic rings. The van der Waals surface area contributed by atoms with E-state index in [0.29, 0.717) is 35.1 Å². The van der Waals surface area contributed by atoms with E-state index >= 15 is 0 Å². The Morgan fingerprint density at radius 3 is 2.47 bits per heavy atom. The number of amides is 2. The number of halogens is 1. The van der Waals surface area contributed by atoms with Crippen LogP contribution in [0.5, 0.6) is 0 Å². The van der Waals surface area contributed by atoms with Gasteiger partial charge in [0.1, 0.15) is 16.5 Å². The van der Waals surface area contributed by atoms with E-state index in [2.05, 4.69) is 10.3 Å². The summed E-state index contributed by atoms with van der Waals surface area (Å²) < 4.78 is 5.46. The van der Waals surface area contributed by atoms with Crippen LogP contribution in [0.15, 0.2) is 76.7 Å². The van der Waals surface area contributed by atoms with Crippen LogP contribution in [0.2, 0.25) is 5.02 Å². The van der Waals surface area contributed by atoms with Crippen molar-refractivity contribution in [1.29, 1.82) is 0 Å². The van der Waals surface area contributed by atoms with Crippen molar-refractivity contribution in [2.45, 2.75) is 13.1 Å². The molecule has 0 spiro atoms. The molecule has 1 N–H and O–H groups in total. The lowest BCUT2D eigenvalue weighted by Gasteiger charge is -2.21. The number of carbonyl (C=O) groups is 2.